The van der Waals surface area contributed by atoms with Crippen LogP contribution in [0, 0.1) is 29.1 Å². The summed E-state index contributed by atoms with van der Waals surface area (Å²) in [5.41, 5.74) is 0.665. The highest BCUT2D eigenvalue weighted by atomic mass is 16.6. The number of hydrogen-bond acceptors (Lipinski definition) is 8. The number of fused-ring (bicyclic) bond motifs is 1. The number of alkyl carbamates (subject to hydrolysis) is 1. The van der Waals surface area contributed by atoms with E-state index in [0.717, 1.165) is 43.9 Å². The molecule has 3 heterocycles. The zero-order chi connectivity index (χ0) is 30.3. The summed E-state index contributed by atoms with van der Waals surface area (Å²) in [5, 5.41) is 22.8. The van der Waals surface area contributed by atoms with Crippen molar-refractivity contribution in [2.45, 2.75) is 82.8 Å². The Labute approximate surface area is 250 Å². The van der Waals surface area contributed by atoms with Crippen molar-refractivity contribution in [3.05, 3.63) is 36.3 Å². The number of carbonyl (C=O) groups excluding carboxylic acids is 2. The number of rotatable bonds is 8. The summed E-state index contributed by atoms with van der Waals surface area (Å²) in [6.45, 7) is 12.8. The molecule has 4 atom stereocenters. The number of hydrogen-bond donors (Lipinski definition) is 2. The highest BCUT2D eigenvalue weighted by molar-refractivity contribution is 6.51. The molecule has 0 bridgehead atoms. The van der Waals surface area contributed by atoms with E-state index >= 15 is 0 Å². The normalized spacial score (nSPS) is 23.8. The predicted molar refractivity (Wildman–Crippen MR) is 161 cm³/mol. The van der Waals surface area contributed by atoms with Crippen molar-refractivity contribution >= 4 is 18.9 Å². The average molecular weight is 578 g/mol. The van der Waals surface area contributed by atoms with E-state index in [1.807, 2.05) is 6.08 Å². The van der Waals surface area contributed by atoms with Crippen LogP contribution in [0.4, 0.5) is 4.79 Å². The Bertz CT molecular complexity index is 1180. The third-order valence-electron chi connectivity index (χ3n) is 8.57. The Morgan fingerprint density at radius 2 is 2.12 bits per heavy atom. The number of nitrogens with one attached hydrogen (secondary N) is 1. The number of piperazine rings is 1. The van der Waals surface area contributed by atoms with Gasteiger partial charge in [0.25, 0.3) is 0 Å². The van der Waals surface area contributed by atoms with Crippen molar-refractivity contribution in [3.8, 4) is 17.9 Å². The number of carbonyl (C=O) groups is 2. The van der Waals surface area contributed by atoms with E-state index in [-0.39, 0.29) is 24.9 Å². The van der Waals surface area contributed by atoms with Crippen LogP contribution in [0.15, 0.2) is 36.3 Å². The highest BCUT2D eigenvalue weighted by Gasteiger charge is 2.38. The van der Waals surface area contributed by atoms with E-state index in [4.69, 9.17) is 9.47 Å². The van der Waals surface area contributed by atoms with E-state index in [1.165, 1.54) is 0 Å². The number of likely N-dealkylation sites (tertiary alicyclic amines) is 1. The lowest BCUT2D eigenvalue weighted by molar-refractivity contribution is -0.136. The van der Waals surface area contributed by atoms with Crippen molar-refractivity contribution in [2.24, 2.45) is 5.92 Å². The summed E-state index contributed by atoms with van der Waals surface area (Å²) in [5.74, 6) is 5.50. The number of nitriles is 1. The minimum atomic E-state index is -0.888. The number of nitrogens with zero attached hydrogens (tertiary/aromatic N) is 4. The van der Waals surface area contributed by atoms with Gasteiger partial charge >= 0.3 is 13.0 Å². The molecule has 2 amide bonds. The molecule has 2 N–H and O–H groups in total. The van der Waals surface area contributed by atoms with Crippen molar-refractivity contribution in [1.82, 2.24) is 20.0 Å². The molecular weight excluding hydrogens is 533 g/mol. The Kier molecular flexibility index (Phi) is 10.6. The Hall–Kier alpha value is -3.41. The van der Waals surface area contributed by atoms with Crippen LogP contribution in [0.2, 0.25) is 6.82 Å². The standard InChI is InChI=1S/C31H44BN5O5/c1-23-37-17-16-36(20-26(37)22-41-23)31(2,3)14-8-12-25(19-33)29(38)35-15-9-13-27(21-35)42-30(39)34-28(32(4)40)18-24-10-6-5-7-11-24/h6,10-11,25-28,40H,1,5,7,9,12-13,15-18,20-22H2,2-4H3,(H,34,39)/t25?,26-,27?,28?/m1/s1. The quantitative estimate of drug-likeness (QED) is 0.334. The zero-order valence-corrected chi connectivity index (χ0v) is 25.2. The smallest absolute Gasteiger partial charge is 0.407 e. The van der Waals surface area contributed by atoms with Gasteiger partial charge in [0.05, 0.1) is 24.2 Å². The lowest BCUT2D eigenvalue weighted by Gasteiger charge is -2.43. The van der Waals surface area contributed by atoms with Gasteiger partial charge in [-0.2, -0.15) is 5.26 Å². The first kappa shape index (κ1) is 31.5. The summed E-state index contributed by atoms with van der Waals surface area (Å²) in [7, 11) is 0. The van der Waals surface area contributed by atoms with Crippen molar-refractivity contribution < 1.29 is 24.1 Å². The maximum Gasteiger partial charge on any atom is 0.407 e. The van der Waals surface area contributed by atoms with Gasteiger partial charge in [0.2, 0.25) is 5.91 Å². The molecule has 0 radical (unpaired) electrons. The van der Waals surface area contributed by atoms with E-state index in [1.54, 1.807) is 11.7 Å². The molecule has 0 spiro atoms. The molecule has 0 aromatic heterocycles. The topological polar surface area (TPSA) is 118 Å². The van der Waals surface area contributed by atoms with Crippen LogP contribution in [0.25, 0.3) is 0 Å². The van der Waals surface area contributed by atoms with Crippen LogP contribution in [0.3, 0.4) is 0 Å². The third-order valence-corrected chi connectivity index (χ3v) is 8.57. The van der Waals surface area contributed by atoms with E-state index in [0.29, 0.717) is 32.4 Å². The first-order valence-electron chi connectivity index (χ1n) is 15.1. The van der Waals surface area contributed by atoms with Gasteiger partial charge in [-0.3, -0.25) is 9.69 Å². The summed E-state index contributed by atoms with van der Waals surface area (Å²) in [4.78, 5) is 32.1. The van der Waals surface area contributed by atoms with Crippen LogP contribution in [-0.4, -0.2) is 102 Å². The van der Waals surface area contributed by atoms with Crippen molar-refractivity contribution in [3.63, 3.8) is 0 Å². The van der Waals surface area contributed by atoms with Crippen molar-refractivity contribution in [2.75, 3.05) is 39.3 Å². The van der Waals surface area contributed by atoms with Gasteiger partial charge in [0.15, 0.2) is 5.88 Å². The Morgan fingerprint density at radius 3 is 2.83 bits per heavy atom. The molecule has 3 unspecified atom stereocenters. The predicted octanol–water partition coefficient (Wildman–Crippen LogP) is 2.69. The molecule has 3 fully saturated rings. The maximum absolute atomic E-state index is 13.3. The molecule has 11 heteroatoms. The summed E-state index contributed by atoms with van der Waals surface area (Å²) >= 11 is 0. The van der Waals surface area contributed by atoms with Crippen LogP contribution in [0.5, 0.6) is 0 Å². The molecule has 10 nitrogen and oxygen atoms in total. The van der Waals surface area contributed by atoms with Gasteiger partial charge in [-0.15, -0.1) is 0 Å². The van der Waals surface area contributed by atoms with Gasteiger partial charge in [0, 0.05) is 38.5 Å². The van der Waals surface area contributed by atoms with Crippen molar-refractivity contribution in [1.29, 1.82) is 5.26 Å². The van der Waals surface area contributed by atoms with Crippen LogP contribution in [-0.2, 0) is 14.3 Å². The first-order chi connectivity index (χ1) is 20.1. The minimum Gasteiger partial charge on any atom is -0.477 e. The average Bonchev–Trinajstić information content (AvgIpc) is 3.35. The fourth-order valence-corrected chi connectivity index (χ4v) is 5.95. The van der Waals surface area contributed by atoms with Crippen LogP contribution in [0.1, 0.15) is 52.4 Å². The molecule has 226 valence electrons. The van der Waals surface area contributed by atoms with E-state index < -0.39 is 36.5 Å². The fraction of sp³-hybridized carbons (Fsp3) is 0.645. The van der Waals surface area contributed by atoms with Crippen LogP contribution >= 0.6 is 0 Å². The Balaban J connectivity index is 1.27. The molecule has 0 aromatic carbocycles. The number of ether oxygens (including phenoxy) is 2. The molecule has 3 aliphatic heterocycles. The fourth-order valence-electron chi connectivity index (χ4n) is 5.95. The van der Waals surface area contributed by atoms with Gasteiger partial charge in [0.1, 0.15) is 18.6 Å². The number of piperidine rings is 1. The van der Waals surface area contributed by atoms with E-state index in [2.05, 4.69) is 65.6 Å². The van der Waals surface area contributed by atoms with Gasteiger partial charge in [-0.05, 0) is 52.5 Å². The SMILES string of the molecule is C=C1OC[C@H]2CN(C(C)(C)C#CCC(C#N)C(=O)N3CCCC(OC(=O)NC(CC4=CCCC=C4)B(C)O)C3)CCN12. The number of allylic oxidation sites excluding steroid dienone is 3. The molecule has 4 aliphatic rings. The lowest BCUT2D eigenvalue weighted by atomic mass is 9.61. The van der Waals surface area contributed by atoms with Gasteiger partial charge < -0.3 is 29.6 Å². The first-order valence-corrected chi connectivity index (χ1v) is 15.1. The van der Waals surface area contributed by atoms with Gasteiger partial charge in [-0.1, -0.05) is 42.5 Å². The molecule has 0 saturated carbocycles. The minimum absolute atomic E-state index is 0.144. The summed E-state index contributed by atoms with van der Waals surface area (Å²) in [6.07, 6.45) is 9.04. The zero-order valence-electron chi connectivity index (χ0n) is 25.2. The molecule has 42 heavy (non-hydrogen) atoms. The largest absolute Gasteiger partial charge is 0.477 e. The number of amides is 2. The molecule has 1 aliphatic carbocycles. The second kappa shape index (κ2) is 14.2. The maximum atomic E-state index is 13.3. The molecule has 4 rings (SSSR count). The molecular formula is C31H44BN5O5. The van der Waals surface area contributed by atoms with E-state index in [9.17, 15) is 19.9 Å². The van der Waals surface area contributed by atoms with Gasteiger partial charge in [-0.25, -0.2) is 4.79 Å². The van der Waals surface area contributed by atoms with Crippen LogP contribution < -0.4 is 5.32 Å². The Morgan fingerprint density at radius 1 is 1.31 bits per heavy atom. The summed E-state index contributed by atoms with van der Waals surface area (Å²) < 4.78 is 11.3. The lowest BCUT2D eigenvalue weighted by Crippen LogP contribution is -2.57. The highest BCUT2D eigenvalue weighted by Crippen LogP contribution is 2.27. The molecule has 3 saturated heterocycles. The monoisotopic (exact) mass is 577 g/mol. The second-order valence-electron chi connectivity index (χ2n) is 12.2. The summed E-state index contributed by atoms with van der Waals surface area (Å²) in [6, 6.07) is 2.40. The third kappa shape index (κ3) is 8.11. The second-order valence-corrected chi connectivity index (χ2v) is 12.2. The molecule has 0 aromatic rings.